The monoisotopic (exact) mass is 293 g/mol. The second kappa shape index (κ2) is 5.55. The lowest BCUT2D eigenvalue weighted by molar-refractivity contribution is -0.150. The summed E-state index contributed by atoms with van der Waals surface area (Å²) in [5.74, 6) is 0.00304. The molecule has 0 radical (unpaired) electrons. The first kappa shape index (κ1) is 15.0. The molecule has 0 fully saturated rings. The number of imidazole rings is 1. The summed E-state index contributed by atoms with van der Waals surface area (Å²) in [5.41, 5.74) is 4.57. The van der Waals surface area contributed by atoms with Gasteiger partial charge in [0.25, 0.3) is 5.56 Å². The zero-order valence-electron chi connectivity index (χ0n) is 12.3. The smallest absolute Gasteiger partial charge is 0.319 e. The molecule has 0 bridgehead atoms. The van der Waals surface area contributed by atoms with Gasteiger partial charge in [0.1, 0.15) is 11.2 Å². The summed E-state index contributed by atoms with van der Waals surface area (Å²) in [6, 6.07) is 0. The molecule has 2 rings (SSSR count). The molecule has 0 unspecified atom stereocenters. The van der Waals surface area contributed by atoms with E-state index in [0.717, 1.165) is 0 Å². The van der Waals surface area contributed by atoms with Crippen LogP contribution in [0.3, 0.4) is 0 Å². The highest BCUT2D eigenvalue weighted by molar-refractivity contribution is 5.83. The van der Waals surface area contributed by atoms with E-state index >= 15 is 0 Å². The summed E-state index contributed by atoms with van der Waals surface area (Å²) in [6.07, 6.45) is 0.991. The van der Waals surface area contributed by atoms with Crippen LogP contribution in [0.1, 0.15) is 39.4 Å². The first-order valence-corrected chi connectivity index (χ1v) is 6.91. The van der Waals surface area contributed by atoms with Crippen molar-refractivity contribution < 1.29 is 9.53 Å². The lowest BCUT2D eigenvalue weighted by Gasteiger charge is -2.26. The van der Waals surface area contributed by atoms with Gasteiger partial charge in [0.2, 0.25) is 5.95 Å². The number of nitrogen functional groups attached to an aromatic ring is 1. The molecule has 0 aromatic carbocycles. The van der Waals surface area contributed by atoms with Crippen molar-refractivity contribution in [3.8, 4) is 0 Å². The van der Waals surface area contributed by atoms with Gasteiger partial charge in [-0.2, -0.15) is 4.98 Å². The van der Waals surface area contributed by atoms with E-state index in [1.54, 1.807) is 6.92 Å². The number of nitrogens with one attached hydrogen (secondary N) is 2. The van der Waals surface area contributed by atoms with E-state index in [1.165, 1.54) is 0 Å². The van der Waals surface area contributed by atoms with Gasteiger partial charge in [0, 0.05) is 0 Å². The Bertz CT molecular complexity index is 714. The van der Waals surface area contributed by atoms with E-state index in [4.69, 9.17) is 10.5 Å². The van der Waals surface area contributed by atoms with Crippen LogP contribution < -0.4 is 11.3 Å². The lowest BCUT2D eigenvalue weighted by atomic mass is 9.81. The number of aromatic amines is 2. The van der Waals surface area contributed by atoms with Gasteiger partial charge in [0.15, 0.2) is 11.2 Å². The van der Waals surface area contributed by atoms with Crippen molar-refractivity contribution in [3.05, 3.63) is 16.2 Å². The van der Waals surface area contributed by atoms with Crippen LogP contribution in [0.5, 0.6) is 0 Å². The van der Waals surface area contributed by atoms with Gasteiger partial charge in [-0.05, 0) is 19.8 Å². The van der Waals surface area contributed by atoms with Crippen LogP contribution in [-0.4, -0.2) is 32.5 Å². The van der Waals surface area contributed by atoms with Gasteiger partial charge in [-0.3, -0.25) is 14.6 Å². The Morgan fingerprint density at radius 2 is 1.90 bits per heavy atom. The Kier molecular flexibility index (Phi) is 3.97. The minimum atomic E-state index is -0.919. The largest absolute Gasteiger partial charge is 0.465 e. The van der Waals surface area contributed by atoms with Crippen molar-refractivity contribution in [2.75, 3.05) is 12.3 Å². The predicted molar refractivity (Wildman–Crippen MR) is 77.8 cm³/mol. The van der Waals surface area contributed by atoms with Gasteiger partial charge in [-0.15, -0.1) is 0 Å². The molecule has 8 heteroatoms. The van der Waals surface area contributed by atoms with Crippen LogP contribution in [0.4, 0.5) is 5.95 Å². The molecule has 0 saturated heterocycles. The van der Waals surface area contributed by atoms with Gasteiger partial charge in [-0.1, -0.05) is 13.8 Å². The topological polar surface area (TPSA) is 127 Å². The molecule has 2 aromatic heterocycles. The molecule has 8 nitrogen and oxygen atoms in total. The highest BCUT2D eigenvalue weighted by Crippen LogP contribution is 2.31. The van der Waals surface area contributed by atoms with E-state index in [2.05, 4.69) is 19.9 Å². The third kappa shape index (κ3) is 2.37. The van der Waals surface area contributed by atoms with E-state index in [-0.39, 0.29) is 29.7 Å². The Morgan fingerprint density at radius 3 is 2.48 bits per heavy atom. The van der Waals surface area contributed by atoms with E-state index < -0.39 is 11.0 Å². The zero-order valence-corrected chi connectivity index (χ0v) is 12.3. The number of carbonyl (C=O) groups excluding carboxylic acids is 1. The molecule has 0 atom stereocenters. The molecule has 0 saturated carbocycles. The first-order chi connectivity index (χ1) is 9.98. The minimum absolute atomic E-state index is 0.0136. The van der Waals surface area contributed by atoms with Gasteiger partial charge in [0.05, 0.1) is 6.61 Å². The number of anilines is 1. The maximum atomic E-state index is 12.3. The van der Waals surface area contributed by atoms with Crippen molar-refractivity contribution in [1.29, 1.82) is 0 Å². The molecule has 2 aromatic rings. The summed E-state index contributed by atoms with van der Waals surface area (Å²) in [4.78, 5) is 37.7. The third-order valence-electron chi connectivity index (χ3n) is 3.71. The molecule has 2 heterocycles. The number of rotatable bonds is 5. The number of nitrogens with zero attached hydrogens (tertiary/aromatic N) is 2. The maximum absolute atomic E-state index is 12.3. The molecule has 0 aliphatic carbocycles. The molecular formula is C13H19N5O3. The van der Waals surface area contributed by atoms with Crippen molar-refractivity contribution in [2.45, 2.75) is 39.0 Å². The summed E-state index contributed by atoms with van der Waals surface area (Å²) >= 11 is 0. The highest BCUT2D eigenvalue weighted by Gasteiger charge is 2.41. The van der Waals surface area contributed by atoms with E-state index in [9.17, 15) is 9.59 Å². The number of fused-ring (bicyclic) bond motifs is 1. The van der Waals surface area contributed by atoms with Crippen LogP contribution in [0.15, 0.2) is 4.79 Å². The third-order valence-corrected chi connectivity index (χ3v) is 3.71. The Hall–Kier alpha value is -2.38. The van der Waals surface area contributed by atoms with Crippen LogP contribution in [0, 0.1) is 0 Å². The predicted octanol–water partition coefficient (Wildman–Crippen LogP) is 0.849. The Balaban J connectivity index is 2.63. The molecule has 0 aliphatic rings. The molecule has 0 aliphatic heterocycles. The number of hydrogen-bond acceptors (Lipinski definition) is 6. The summed E-state index contributed by atoms with van der Waals surface area (Å²) in [5, 5.41) is 0. The lowest BCUT2D eigenvalue weighted by Crippen LogP contribution is -2.37. The van der Waals surface area contributed by atoms with Crippen LogP contribution >= 0.6 is 0 Å². The SMILES string of the molecule is CCOC(=O)C(CC)(CC)c1nc2nc(N)[nH]c(=O)c2[nH]1. The summed E-state index contributed by atoms with van der Waals surface area (Å²) < 4.78 is 5.16. The molecule has 114 valence electrons. The number of hydrogen-bond donors (Lipinski definition) is 3. The van der Waals surface area contributed by atoms with Crippen molar-refractivity contribution in [1.82, 2.24) is 19.9 Å². The van der Waals surface area contributed by atoms with Crippen LogP contribution in [0.2, 0.25) is 0 Å². The Labute approximate surface area is 121 Å². The van der Waals surface area contributed by atoms with Crippen molar-refractivity contribution in [2.24, 2.45) is 0 Å². The van der Waals surface area contributed by atoms with Gasteiger partial charge in [-0.25, -0.2) is 4.98 Å². The molecule has 0 spiro atoms. The number of aromatic nitrogens is 4. The fourth-order valence-corrected chi connectivity index (χ4v) is 2.39. The Morgan fingerprint density at radius 1 is 1.24 bits per heavy atom. The summed E-state index contributed by atoms with van der Waals surface area (Å²) in [6.45, 7) is 5.78. The zero-order chi connectivity index (χ0) is 15.6. The fraction of sp³-hybridized carbons (Fsp3) is 0.538. The standard InChI is InChI=1S/C13H19N5O3/c1-4-13(5-2,11(20)21-6-3)10-15-7-8(16-10)17-12(14)18-9(7)19/h4-6H2,1-3H3,(H4,14,15,16,17,18,19). The van der Waals surface area contributed by atoms with Crippen molar-refractivity contribution in [3.63, 3.8) is 0 Å². The molecule has 21 heavy (non-hydrogen) atoms. The quantitative estimate of drug-likeness (QED) is 0.701. The second-order valence-corrected chi connectivity index (χ2v) is 4.74. The number of carbonyl (C=O) groups is 1. The normalized spacial score (nSPS) is 11.8. The van der Waals surface area contributed by atoms with E-state index in [0.29, 0.717) is 18.7 Å². The number of esters is 1. The molecule has 0 amide bonds. The number of ether oxygens (including phenoxy) is 1. The fourth-order valence-electron chi connectivity index (χ4n) is 2.39. The number of H-pyrrole nitrogens is 2. The van der Waals surface area contributed by atoms with Crippen LogP contribution in [0.25, 0.3) is 11.2 Å². The first-order valence-electron chi connectivity index (χ1n) is 6.91. The number of nitrogens with two attached hydrogens (primary N) is 1. The average molecular weight is 293 g/mol. The van der Waals surface area contributed by atoms with E-state index in [1.807, 2.05) is 13.8 Å². The molecule has 4 N–H and O–H groups in total. The maximum Gasteiger partial charge on any atom is 0.319 e. The highest BCUT2D eigenvalue weighted by atomic mass is 16.5. The minimum Gasteiger partial charge on any atom is -0.465 e. The summed E-state index contributed by atoms with van der Waals surface area (Å²) in [7, 11) is 0. The van der Waals surface area contributed by atoms with Gasteiger partial charge < -0.3 is 15.5 Å². The van der Waals surface area contributed by atoms with Crippen molar-refractivity contribution >= 4 is 23.1 Å². The molecular weight excluding hydrogens is 274 g/mol. The average Bonchev–Trinajstić information content (AvgIpc) is 2.85. The van der Waals surface area contributed by atoms with Gasteiger partial charge >= 0.3 is 5.97 Å². The second-order valence-electron chi connectivity index (χ2n) is 4.74. The van der Waals surface area contributed by atoms with Crippen LogP contribution in [-0.2, 0) is 14.9 Å².